The molecule has 102 valence electrons. The summed E-state index contributed by atoms with van der Waals surface area (Å²) in [5.41, 5.74) is 0.737. The lowest BCUT2D eigenvalue weighted by Crippen LogP contribution is -2.21. The van der Waals surface area contributed by atoms with Crippen LogP contribution in [0.2, 0.25) is 10.0 Å². The lowest BCUT2D eigenvalue weighted by molar-refractivity contribution is 0.460. The molecule has 1 heterocycles. The van der Waals surface area contributed by atoms with Crippen LogP contribution in [-0.4, -0.2) is 16.2 Å². The third-order valence-corrected chi connectivity index (χ3v) is 3.04. The lowest BCUT2D eigenvalue weighted by atomic mass is 10.3. The first-order valence-corrected chi connectivity index (χ1v) is 6.58. The number of halogens is 2. The maximum atomic E-state index is 5.92. The largest absolute Gasteiger partial charge is 0.406 e. The molecule has 5 nitrogen and oxygen atoms in total. The fourth-order valence-electron chi connectivity index (χ4n) is 1.36. The fourth-order valence-corrected chi connectivity index (χ4v) is 1.66. The molecule has 1 aromatic carbocycles. The van der Waals surface area contributed by atoms with E-state index >= 15 is 0 Å². The smallest absolute Gasteiger partial charge is 0.320 e. The number of nitrogens with zero attached hydrogens (tertiary/aromatic N) is 2. The van der Waals surface area contributed by atoms with Crippen molar-refractivity contribution in [3.63, 3.8) is 0 Å². The van der Waals surface area contributed by atoms with E-state index in [0.29, 0.717) is 34.5 Å². The Balaban J connectivity index is 2.01. The molecule has 0 fully saturated rings. The third kappa shape index (κ3) is 4.09. The van der Waals surface area contributed by atoms with Crippen molar-refractivity contribution in [2.75, 3.05) is 5.32 Å². The zero-order valence-electron chi connectivity index (χ0n) is 10.6. The van der Waals surface area contributed by atoms with Crippen LogP contribution in [0.3, 0.4) is 0 Å². The minimum absolute atomic E-state index is 0.318. The van der Waals surface area contributed by atoms with Crippen molar-refractivity contribution >= 4 is 34.9 Å². The molecule has 2 aromatic rings. The summed E-state index contributed by atoms with van der Waals surface area (Å²) >= 11 is 11.8. The second-order valence-electron chi connectivity index (χ2n) is 4.29. The van der Waals surface area contributed by atoms with Gasteiger partial charge in [0, 0.05) is 11.7 Å². The number of benzene rings is 1. The van der Waals surface area contributed by atoms with E-state index in [1.54, 1.807) is 18.2 Å². The average Bonchev–Trinajstić information content (AvgIpc) is 2.79. The zero-order chi connectivity index (χ0) is 13.8. The molecule has 0 bridgehead atoms. The van der Waals surface area contributed by atoms with Crippen molar-refractivity contribution in [1.29, 1.82) is 0 Å². The Morgan fingerprint density at radius 1 is 1.21 bits per heavy atom. The summed E-state index contributed by atoms with van der Waals surface area (Å²) in [5, 5.41) is 14.9. The molecule has 0 amide bonds. The van der Waals surface area contributed by atoms with Crippen LogP contribution in [0, 0.1) is 0 Å². The molecule has 0 atom stereocenters. The first-order chi connectivity index (χ1) is 9.04. The number of rotatable bonds is 5. The molecule has 0 unspecified atom stereocenters. The summed E-state index contributed by atoms with van der Waals surface area (Å²) in [7, 11) is 0. The summed E-state index contributed by atoms with van der Waals surface area (Å²) in [6, 6.07) is 5.85. The van der Waals surface area contributed by atoms with E-state index < -0.39 is 0 Å². The highest BCUT2D eigenvalue weighted by atomic mass is 35.5. The molecule has 0 aliphatic rings. The summed E-state index contributed by atoms with van der Waals surface area (Å²) in [4.78, 5) is 0. The zero-order valence-corrected chi connectivity index (χ0v) is 12.1. The molecule has 0 aliphatic heterocycles. The quantitative estimate of drug-likeness (QED) is 0.883. The van der Waals surface area contributed by atoms with E-state index in [9.17, 15) is 0 Å². The Morgan fingerprint density at radius 2 is 2.00 bits per heavy atom. The van der Waals surface area contributed by atoms with Crippen molar-refractivity contribution in [2.45, 2.75) is 26.4 Å². The Bertz CT molecular complexity index is 556. The van der Waals surface area contributed by atoms with E-state index in [1.807, 2.05) is 13.8 Å². The molecule has 0 aliphatic carbocycles. The van der Waals surface area contributed by atoms with Crippen molar-refractivity contribution in [2.24, 2.45) is 0 Å². The molecule has 7 heteroatoms. The topological polar surface area (TPSA) is 63.0 Å². The summed E-state index contributed by atoms with van der Waals surface area (Å²) in [6.07, 6.45) is 0. The third-order valence-electron chi connectivity index (χ3n) is 2.30. The van der Waals surface area contributed by atoms with Gasteiger partial charge in [0.1, 0.15) is 0 Å². The van der Waals surface area contributed by atoms with Crippen LogP contribution in [-0.2, 0) is 6.54 Å². The van der Waals surface area contributed by atoms with Gasteiger partial charge in [0.2, 0.25) is 5.89 Å². The van der Waals surface area contributed by atoms with Gasteiger partial charge in [-0.15, -0.1) is 5.10 Å². The maximum Gasteiger partial charge on any atom is 0.320 e. The van der Waals surface area contributed by atoms with Crippen LogP contribution in [0.15, 0.2) is 22.6 Å². The van der Waals surface area contributed by atoms with E-state index in [-0.39, 0.29) is 0 Å². The van der Waals surface area contributed by atoms with E-state index in [4.69, 9.17) is 27.6 Å². The van der Waals surface area contributed by atoms with Gasteiger partial charge in [0.15, 0.2) is 0 Å². The van der Waals surface area contributed by atoms with Gasteiger partial charge in [0.25, 0.3) is 0 Å². The molecule has 0 radical (unpaired) electrons. The number of nitrogens with one attached hydrogen (secondary N) is 2. The van der Waals surface area contributed by atoms with Gasteiger partial charge in [-0.05, 0) is 18.2 Å². The molecular weight excluding hydrogens is 287 g/mol. The molecule has 0 saturated heterocycles. The predicted octanol–water partition coefficient (Wildman–Crippen LogP) is 3.62. The molecular formula is C12H14Cl2N4O. The standard InChI is InChI=1S/C12H14Cl2N4O/c1-7(2)15-6-11-17-18-12(19-11)16-8-3-4-9(13)10(14)5-8/h3-5,7,15H,6H2,1-2H3,(H,16,18). The number of hydrogen-bond acceptors (Lipinski definition) is 5. The predicted molar refractivity (Wildman–Crippen MR) is 76.0 cm³/mol. The summed E-state index contributed by atoms with van der Waals surface area (Å²) < 4.78 is 5.44. The van der Waals surface area contributed by atoms with Gasteiger partial charge >= 0.3 is 6.01 Å². The second kappa shape index (κ2) is 6.23. The van der Waals surface area contributed by atoms with Gasteiger partial charge in [0.05, 0.1) is 16.6 Å². The minimum atomic E-state index is 0.318. The molecule has 0 saturated carbocycles. The van der Waals surface area contributed by atoms with Crippen LogP contribution in [0.5, 0.6) is 0 Å². The lowest BCUT2D eigenvalue weighted by Gasteiger charge is -2.04. The maximum absolute atomic E-state index is 5.92. The Morgan fingerprint density at radius 3 is 2.68 bits per heavy atom. The Hall–Kier alpha value is -1.30. The molecule has 2 rings (SSSR count). The van der Waals surface area contributed by atoms with Gasteiger partial charge in [-0.1, -0.05) is 42.1 Å². The molecule has 2 N–H and O–H groups in total. The highest BCUT2D eigenvalue weighted by Crippen LogP contribution is 2.26. The number of anilines is 2. The van der Waals surface area contributed by atoms with Gasteiger partial charge in [-0.2, -0.15) is 0 Å². The van der Waals surface area contributed by atoms with E-state index in [0.717, 1.165) is 5.69 Å². The highest BCUT2D eigenvalue weighted by Gasteiger charge is 2.07. The highest BCUT2D eigenvalue weighted by molar-refractivity contribution is 6.42. The summed E-state index contributed by atoms with van der Waals surface area (Å²) in [6.45, 7) is 4.63. The van der Waals surface area contributed by atoms with Crippen LogP contribution in [0.1, 0.15) is 19.7 Å². The first-order valence-electron chi connectivity index (χ1n) is 5.82. The molecule has 19 heavy (non-hydrogen) atoms. The van der Waals surface area contributed by atoms with Crippen molar-refractivity contribution in [3.05, 3.63) is 34.1 Å². The van der Waals surface area contributed by atoms with Crippen LogP contribution >= 0.6 is 23.2 Å². The van der Waals surface area contributed by atoms with Gasteiger partial charge < -0.3 is 15.1 Å². The molecule has 0 spiro atoms. The van der Waals surface area contributed by atoms with Crippen molar-refractivity contribution < 1.29 is 4.42 Å². The van der Waals surface area contributed by atoms with Gasteiger partial charge in [-0.3, -0.25) is 0 Å². The van der Waals surface area contributed by atoms with Crippen LogP contribution in [0.25, 0.3) is 0 Å². The number of aromatic nitrogens is 2. The summed E-state index contributed by atoms with van der Waals surface area (Å²) in [5.74, 6) is 0.524. The van der Waals surface area contributed by atoms with Crippen molar-refractivity contribution in [3.8, 4) is 0 Å². The van der Waals surface area contributed by atoms with E-state index in [2.05, 4.69) is 20.8 Å². The minimum Gasteiger partial charge on any atom is -0.406 e. The Kier molecular flexibility index (Phi) is 4.63. The normalized spacial score (nSPS) is 11.0. The number of hydrogen-bond donors (Lipinski definition) is 2. The van der Waals surface area contributed by atoms with E-state index in [1.165, 1.54) is 0 Å². The monoisotopic (exact) mass is 300 g/mol. The first kappa shape index (κ1) is 14.1. The van der Waals surface area contributed by atoms with Crippen LogP contribution in [0.4, 0.5) is 11.7 Å². The fraction of sp³-hybridized carbons (Fsp3) is 0.333. The SMILES string of the molecule is CC(C)NCc1nnc(Nc2ccc(Cl)c(Cl)c2)o1. The Labute approximate surface area is 121 Å². The second-order valence-corrected chi connectivity index (χ2v) is 5.10. The van der Waals surface area contributed by atoms with Gasteiger partial charge in [-0.25, -0.2) is 0 Å². The molecule has 1 aromatic heterocycles. The van der Waals surface area contributed by atoms with Crippen LogP contribution < -0.4 is 10.6 Å². The van der Waals surface area contributed by atoms with Crippen molar-refractivity contribution in [1.82, 2.24) is 15.5 Å². The average molecular weight is 301 g/mol.